The van der Waals surface area contributed by atoms with Crippen molar-refractivity contribution >= 4 is 11.8 Å². The maximum atomic E-state index is 11.9. The van der Waals surface area contributed by atoms with Crippen LogP contribution < -0.4 is 5.32 Å². The zero-order chi connectivity index (χ0) is 12.2. The first-order valence-electron chi connectivity index (χ1n) is 5.58. The molecule has 0 spiro atoms. The zero-order valence-corrected chi connectivity index (χ0v) is 10.2. The first kappa shape index (κ1) is 13.0. The minimum Gasteiger partial charge on any atom is -0.385 e. The van der Waals surface area contributed by atoms with Gasteiger partial charge < -0.3 is 15.0 Å². The number of amides is 2. The number of piperazine rings is 1. The van der Waals surface area contributed by atoms with Crippen LogP contribution in [0.3, 0.4) is 0 Å². The third kappa shape index (κ3) is 2.72. The molecule has 1 fully saturated rings. The van der Waals surface area contributed by atoms with Gasteiger partial charge in [-0.2, -0.15) is 0 Å². The first-order valence-corrected chi connectivity index (χ1v) is 5.58. The number of ether oxygens (including phenoxy) is 1. The van der Waals surface area contributed by atoms with Crippen LogP contribution in [0.1, 0.15) is 26.7 Å². The minimum absolute atomic E-state index is 0.0249. The lowest BCUT2D eigenvalue weighted by Crippen LogP contribution is -2.63. The first-order chi connectivity index (χ1) is 7.50. The predicted octanol–water partition coefficient (Wildman–Crippen LogP) is 0.150. The average molecular weight is 228 g/mol. The predicted molar refractivity (Wildman–Crippen MR) is 59.9 cm³/mol. The third-order valence-corrected chi connectivity index (χ3v) is 2.89. The molecule has 1 N–H and O–H groups in total. The van der Waals surface area contributed by atoms with Crippen molar-refractivity contribution in [2.24, 2.45) is 0 Å². The monoisotopic (exact) mass is 228 g/mol. The second-order valence-corrected chi connectivity index (χ2v) is 4.46. The van der Waals surface area contributed by atoms with Crippen LogP contribution in [0.4, 0.5) is 0 Å². The van der Waals surface area contributed by atoms with Crippen LogP contribution in [0.15, 0.2) is 0 Å². The van der Waals surface area contributed by atoms with Crippen molar-refractivity contribution in [3.63, 3.8) is 0 Å². The van der Waals surface area contributed by atoms with E-state index in [0.29, 0.717) is 32.5 Å². The molecule has 2 amide bonds. The summed E-state index contributed by atoms with van der Waals surface area (Å²) in [7, 11) is 1.61. The second kappa shape index (κ2) is 5.30. The highest BCUT2D eigenvalue weighted by atomic mass is 16.5. The lowest BCUT2D eigenvalue weighted by atomic mass is 9.98. The smallest absolute Gasteiger partial charge is 0.245 e. The normalized spacial score (nSPS) is 19.4. The maximum Gasteiger partial charge on any atom is 0.245 e. The Hall–Kier alpha value is -1.10. The Kier molecular flexibility index (Phi) is 4.29. The highest BCUT2D eigenvalue weighted by Gasteiger charge is 2.39. The Labute approximate surface area is 96.1 Å². The van der Waals surface area contributed by atoms with Crippen LogP contribution in [-0.2, 0) is 14.3 Å². The fourth-order valence-electron chi connectivity index (χ4n) is 1.84. The van der Waals surface area contributed by atoms with E-state index >= 15 is 0 Å². The molecule has 5 heteroatoms. The Morgan fingerprint density at radius 1 is 1.56 bits per heavy atom. The zero-order valence-electron chi connectivity index (χ0n) is 10.2. The van der Waals surface area contributed by atoms with E-state index in [-0.39, 0.29) is 11.8 Å². The van der Waals surface area contributed by atoms with Crippen molar-refractivity contribution in [3.8, 4) is 0 Å². The Morgan fingerprint density at radius 3 is 2.88 bits per heavy atom. The van der Waals surface area contributed by atoms with Gasteiger partial charge in [0.15, 0.2) is 0 Å². The van der Waals surface area contributed by atoms with Gasteiger partial charge in [0, 0.05) is 33.2 Å². The van der Waals surface area contributed by atoms with E-state index in [0.717, 1.165) is 0 Å². The molecule has 1 aliphatic heterocycles. The molecule has 16 heavy (non-hydrogen) atoms. The largest absolute Gasteiger partial charge is 0.385 e. The molecular weight excluding hydrogens is 208 g/mol. The van der Waals surface area contributed by atoms with Crippen LogP contribution in [0.25, 0.3) is 0 Å². The Morgan fingerprint density at radius 2 is 2.25 bits per heavy atom. The molecule has 92 valence electrons. The molecule has 0 saturated carbocycles. The van der Waals surface area contributed by atoms with E-state index in [4.69, 9.17) is 4.74 Å². The molecule has 0 atom stereocenters. The summed E-state index contributed by atoms with van der Waals surface area (Å²) in [5.74, 6) is -0.0595. The summed E-state index contributed by atoms with van der Waals surface area (Å²) in [5, 5.41) is 2.77. The summed E-state index contributed by atoms with van der Waals surface area (Å²) in [6.07, 6.45) is 1.13. The van der Waals surface area contributed by atoms with E-state index in [1.165, 1.54) is 0 Å². The number of hydrogen-bond acceptors (Lipinski definition) is 3. The highest BCUT2D eigenvalue weighted by Crippen LogP contribution is 2.18. The molecule has 0 radical (unpaired) electrons. The number of methoxy groups -OCH3 is 1. The van der Waals surface area contributed by atoms with Crippen LogP contribution in [0, 0.1) is 0 Å². The van der Waals surface area contributed by atoms with E-state index in [1.807, 2.05) is 0 Å². The highest BCUT2D eigenvalue weighted by molar-refractivity contribution is 5.91. The van der Waals surface area contributed by atoms with Gasteiger partial charge in [-0.3, -0.25) is 9.59 Å². The van der Waals surface area contributed by atoms with E-state index in [2.05, 4.69) is 5.32 Å². The van der Waals surface area contributed by atoms with Crippen molar-refractivity contribution in [1.82, 2.24) is 10.2 Å². The van der Waals surface area contributed by atoms with Gasteiger partial charge in [-0.15, -0.1) is 0 Å². The van der Waals surface area contributed by atoms with Gasteiger partial charge in [0.1, 0.15) is 5.54 Å². The van der Waals surface area contributed by atoms with Crippen molar-refractivity contribution in [2.75, 3.05) is 26.8 Å². The van der Waals surface area contributed by atoms with E-state index in [1.54, 1.807) is 25.9 Å². The summed E-state index contributed by atoms with van der Waals surface area (Å²) < 4.78 is 4.90. The summed E-state index contributed by atoms with van der Waals surface area (Å²) in [6, 6.07) is 0. The Balaban J connectivity index is 2.56. The molecule has 1 saturated heterocycles. The number of rotatable bonds is 4. The van der Waals surface area contributed by atoms with Crippen molar-refractivity contribution < 1.29 is 14.3 Å². The van der Waals surface area contributed by atoms with Gasteiger partial charge in [0.05, 0.1) is 0 Å². The fourth-order valence-corrected chi connectivity index (χ4v) is 1.84. The number of hydrogen-bond donors (Lipinski definition) is 1. The minimum atomic E-state index is -0.734. The summed E-state index contributed by atoms with van der Waals surface area (Å²) >= 11 is 0. The summed E-state index contributed by atoms with van der Waals surface area (Å²) in [4.78, 5) is 25.2. The molecule has 0 bridgehead atoms. The van der Waals surface area contributed by atoms with Gasteiger partial charge in [0.25, 0.3) is 0 Å². The van der Waals surface area contributed by atoms with Gasteiger partial charge in [-0.05, 0) is 20.3 Å². The fraction of sp³-hybridized carbons (Fsp3) is 0.818. The summed E-state index contributed by atoms with van der Waals surface area (Å²) in [6.45, 7) is 5.25. The molecule has 5 nitrogen and oxygen atoms in total. The quantitative estimate of drug-likeness (QED) is 0.697. The van der Waals surface area contributed by atoms with Gasteiger partial charge in [0.2, 0.25) is 11.8 Å². The number of carbonyl (C=O) groups is 2. The van der Waals surface area contributed by atoms with Gasteiger partial charge >= 0.3 is 0 Å². The molecule has 0 aromatic carbocycles. The SMILES string of the molecule is COCCCC(=O)N1CCNC(=O)C1(C)C. The average Bonchev–Trinajstić information content (AvgIpc) is 2.22. The third-order valence-electron chi connectivity index (χ3n) is 2.89. The molecule has 0 unspecified atom stereocenters. The number of carbonyl (C=O) groups excluding carboxylic acids is 2. The lowest BCUT2D eigenvalue weighted by Gasteiger charge is -2.41. The Bertz CT molecular complexity index is 276. The molecule has 0 aromatic rings. The van der Waals surface area contributed by atoms with Gasteiger partial charge in [-0.25, -0.2) is 0 Å². The maximum absolute atomic E-state index is 11.9. The lowest BCUT2D eigenvalue weighted by molar-refractivity contribution is -0.149. The van der Waals surface area contributed by atoms with Crippen LogP contribution >= 0.6 is 0 Å². The van der Waals surface area contributed by atoms with E-state index < -0.39 is 5.54 Å². The van der Waals surface area contributed by atoms with Crippen LogP contribution in [0.5, 0.6) is 0 Å². The molecule has 1 heterocycles. The van der Waals surface area contributed by atoms with Crippen molar-refractivity contribution in [3.05, 3.63) is 0 Å². The molecular formula is C11H20N2O3. The van der Waals surface area contributed by atoms with Gasteiger partial charge in [-0.1, -0.05) is 0 Å². The topological polar surface area (TPSA) is 58.6 Å². The number of nitrogens with one attached hydrogen (secondary N) is 1. The van der Waals surface area contributed by atoms with Crippen molar-refractivity contribution in [1.29, 1.82) is 0 Å². The molecule has 0 aromatic heterocycles. The number of nitrogens with zero attached hydrogens (tertiary/aromatic N) is 1. The van der Waals surface area contributed by atoms with Crippen LogP contribution in [0.2, 0.25) is 0 Å². The van der Waals surface area contributed by atoms with Crippen LogP contribution in [-0.4, -0.2) is 49.1 Å². The molecule has 1 rings (SSSR count). The van der Waals surface area contributed by atoms with E-state index in [9.17, 15) is 9.59 Å². The summed E-state index contributed by atoms with van der Waals surface area (Å²) in [5.41, 5.74) is -0.734. The molecule has 1 aliphatic rings. The second-order valence-electron chi connectivity index (χ2n) is 4.46. The van der Waals surface area contributed by atoms with Crippen molar-refractivity contribution in [2.45, 2.75) is 32.2 Å². The standard InChI is InChI=1S/C11H20N2O3/c1-11(2)10(15)12-6-7-13(11)9(14)5-4-8-16-3/h4-8H2,1-3H3,(H,12,15). The molecule has 0 aliphatic carbocycles.